The highest BCUT2D eigenvalue weighted by Crippen LogP contribution is 2.40. The Balaban J connectivity index is 1.62. The quantitative estimate of drug-likeness (QED) is 0.687. The molecule has 1 unspecified atom stereocenters. The highest BCUT2D eigenvalue weighted by atomic mass is 35.5. The van der Waals surface area contributed by atoms with Gasteiger partial charge in [0, 0.05) is 47.0 Å². The molecule has 1 aromatic carbocycles. The van der Waals surface area contributed by atoms with Gasteiger partial charge >= 0.3 is 0 Å². The van der Waals surface area contributed by atoms with E-state index >= 15 is 0 Å². The zero-order chi connectivity index (χ0) is 17.0. The second-order valence-electron chi connectivity index (χ2n) is 6.94. The Morgan fingerprint density at radius 1 is 1.16 bits per heavy atom. The van der Waals surface area contributed by atoms with Gasteiger partial charge in [0.2, 0.25) is 0 Å². The zero-order valence-electron chi connectivity index (χ0n) is 14.1. The minimum Gasteiger partial charge on any atom is -0.310 e. The molecule has 5 heteroatoms. The van der Waals surface area contributed by atoms with Crippen molar-refractivity contribution in [2.75, 3.05) is 13.6 Å². The summed E-state index contributed by atoms with van der Waals surface area (Å²) in [6.07, 6.45) is 3.36. The van der Waals surface area contributed by atoms with E-state index in [1.54, 1.807) is 5.56 Å². The number of hydrogen-bond acceptors (Lipinski definition) is 3. The fraction of sp³-hybridized carbons (Fsp3) is 0.300. The van der Waals surface area contributed by atoms with Crippen molar-refractivity contribution in [1.82, 2.24) is 14.8 Å². The van der Waals surface area contributed by atoms with Crippen molar-refractivity contribution in [2.24, 2.45) is 0 Å². The predicted octanol–water partition coefficient (Wildman–Crippen LogP) is 4.37. The maximum Gasteiger partial charge on any atom is 0.104 e. The fourth-order valence-electron chi connectivity index (χ4n) is 4.03. The third-order valence-corrected chi connectivity index (χ3v) is 6.83. The fourth-order valence-corrected chi connectivity index (χ4v) is 5.60. The van der Waals surface area contributed by atoms with Gasteiger partial charge in [-0.05, 0) is 48.9 Å². The first-order valence-corrected chi connectivity index (χ1v) is 9.88. The zero-order valence-corrected chi connectivity index (χ0v) is 15.7. The largest absolute Gasteiger partial charge is 0.310 e. The molecule has 0 saturated heterocycles. The van der Waals surface area contributed by atoms with Crippen LogP contribution in [0, 0.1) is 0 Å². The Morgan fingerprint density at radius 2 is 2.00 bits per heavy atom. The van der Waals surface area contributed by atoms with Gasteiger partial charge in [-0.2, -0.15) is 0 Å². The average molecular weight is 370 g/mol. The maximum atomic E-state index is 6.08. The monoisotopic (exact) mass is 369 g/mol. The van der Waals surface area contributed by atoms with Crippen LogP contribution in [-0.2, 0) is 19.5 Å². The van der Waals surface area contributed by atoms with E-state index in [1.807, 2.05) is 23.5 Å². The Hall–Kier alpha value is -1.59. The normalized spacial score (nSPS) is 19.8. The number of hydrogen-bond donors (Lipinski definition) is 1. The van der Waals surface area contributed by atoms with Crippen LogP contribution in [0.3, 0.4) is 0 Å². The molecule has 0 radical (unpaired) electrons. The summed E-state index contributed by atoms with van der Waals surface area (Å²) < 4.78 is 2.39. The molecule has 0 saturated carbocycles. The van der Waals surface area contributed by atoms with Crippen LogP contribution in [-0.4, -0.2) is 23.1 Å². The number of aromatic nitrogens is 1. The SMILES string of the molecule is CN1CCc2c(sc3c2CNC(c2ccc(Cl)cc2)c2cccn2-3)C1. The van der Waals surface area contributed by atoms with Gasteiger partial charge in [-0.25, -0.2) is 0 Å². The average Bonchev–Trinajstić information content (AvgIpc) is 3.18. The van der Waals surface area contributed by atoms with Gasteiger partial charge < -0.3 is 14.8 Å². The van der Waals surface area contributed by atoms with Crippen molar-refractivity contribution in [3.63, 3.8) is 0 Å². The van der Waals surface area contributed by atoms with Gasteiger partial charge in [0.1, 0.15) is 5.00 Å². The number of rotatable bonds is 1. The van der Waals surface area contributed by atoms with Crippen LogP contribution in [0.15, 0.2) is 42.6 Å². The molecule has 1 atom stereocenters. The first-order valence-electron chi connectivity index (χ1n) is 8.69. The lowest BCUT2D eigenvalue weighted by Crippen LogP contribution is -2.27. The summed E-state index contributed by atoms with van der Waals surface area (Å²) >= 11 is 8.04. The lowest BCUT2D eigenvalue weighted by Gasteiger charge is -2.23. The standard InChI is InChI=1S/C20H20ClN3S/c1-23-10-8-15-16-11-22-19(13-4-6-14(21)7-5-13)17-3-2-9-24(17)20(16)25-18(15)12-23/h2-7,9,19,22H,8,10-12H2,1H3. The Bertz CT molecular complexity index is 925. The maximum absolute atomic E-state index is 6.08. The molecule has 3 aromatic rings. The molecule has 25 heavy (non-hydrogen) atoms. The van der Waals surface area contributed by atoms with Gasteiger partial charge in [-0.3, -0.25) is 0 Å². The topological polar surface area (TPSA) is 20.2 Å². The molecule has 3 nitrogen and oxygen atoms in total. The summed E-state index contributed by atoms with van der Waals surface area (Å²) in [7, 11) is 2.21. The molecule has 0 amide bonds. The first kappa shape index (κ1) is 15.6. The van der Waals surface area contributed by atoms with Gasteiger partial charge in [-0.1, -0.05) is 23.7 Å². The van der Waals surface area contributed by atoms with Crippen molar-refractivity contribution in [3.05, 3.63) is 74.9 Å². The second kappa shape index (κ2) is 5.99. The molecule has 0 aliphatic carbocycles. The van der Waals surface area contributed by atoms with Gasteiger partial charge in [0.25, 0.3) is 0 Å². The van der Waals surface area contributed by atoms with Crippen LogP contribution in [0.1, 0.15) is 33.3 Å². The van der Waals surface area contributed by atoms with Crippen molar-refractivity contribution in [2.45, 2.75) is 25.6 Å². The minimum absolute atomic E-state index is 0.189. The number of halogens is 1. The van der Waals surface area contributed by atoms with Gasteiger partial charge in [0.15, 0.2) is 0 Å². The summed E-state index contributed by atoms with van der Waals surface area (Å²) in [6.45, 7) is 3.14. The van der Waals surface area contributed by atoms with Crippen molar-refractivity contribution in [1.29, 1.82) is 0 Å². The van der Waals surface area contributed by atoms with Crippen LogP contribution in [0.4, 0.5) is 0 Å². The third-order valence-electron chi connectivity index (χ3n) is 5.32. The van der Waals surface area contributed by atoms with E-state index in [9.17, 15) is 0 Å². The smallest absolute Gasteiger partial charge is 0.104 e. The van der Waals surface area contributed by atoms with Crippen LogP contribution in [0.25, 0.3) is 5.00 Å². The third kappa shape index (κ3) is 2.56. The number of fused-ring (bicyclic) bond motifs is 5. The molecule has 128 valence electrons. The molecule has 2 aliphatic rings. The Kier molecular flexibility index (Phi) is 3.75. The van der Waals surface area contributed by atoms with E-state index in [2.05, 4.69) is 52.3 Å². The highest BCUT2D eigenvalue weighted by Gasteiger charge is 2.29. The molecular formula is C20H20ClN3S. The van der Waals surface area contributed by atoms with Crippen molar-refractivity contribution in [3.8, 4) is 5.00 Å². The number of nitrogens with zero attached hydrogens (tertiary/aromatic N) is 2. The van der Waals surface area contributed by atoms with E-state index in [4.69, 9.17) is 11.6 Å². The van der Waals surface area contributed by atoms with Crippen LogP contribution < -0.4 is 5.32 Å². The minimum atomic E-state index is 0.189. The highest BCUT2D eigenvalue weighted by molar-refractivity contribution is 7.15. The van der Waals surface area contributed by atoms with Crippen molar-refractivity contribution < 1.29 is 0 Å². The lowest BCUT2D eigenvalue weighted by molar-refractivity contribution is 0.316. The number of benzene rings is 1. The molecule has 5 rings (SSSR count). The lowest BCUT2D eigenvalue weighted by atomic mass is 10.0. The van der Waals surface area contributed by atoms with Crippen LogP contribution >= 0.6 is 22.9 Å². The van der Waals surface area contributed by atoms with E-state index in [-0.39, 0.29) is 6.04 Å². The second-order valence-corrected chi connectivity index (χ2v) is 8.46. The summed E-state index contributed by atoms with van der Waals surface area (Å²) in [5, 5.41) is 5.97. The predicted molar refractivity (Wildman–Crippen MR) is 104 cm³/mol. The van der Waals surface area contributed by atoms with E-state index in [0.29, 0.717) is 0 Å². The number of thiophene rings is 1. The molecule has 2 aliphatic heterocycles. The summed E-state index contributed by atoms with van der Waals surface area (Å²) in [5.41, 5.74) is 5.62. The van der Waals surface area contributed by atoms with E-state index in [1.165, 1.54) is 26.7 Å². The molecule has 0 fully saturated rings. The van der Waals surface area contributed by atoms with E-state index in [0.717, 1.165) is 31.1 Å². The van der Waals surface area contributed by atoms with Gasteiger partial charge in [-0.15, -0.1) is 11.3 Å². The molecule has 0 bridgehead atoms. The molecular weight excluding hydrogens is 350 g/mol. The Morgan fingerprint density at radius 3 is 2.84 bits per heavy atom. The van der Waals surface area contributed by atoms with Crippen molar-refractivity contribution >= 4 is 22.9 Å². The number of nitrogens with one attached hydrogen (secondary N) is 1. The first-order chi connectivity index (χ1) is 12.2. The molecule has 0 spiro atoms. The summed E-state index contributed by atoms with van der Waals surface area (Å²) in [6, 6.07) is 12.8. The van der Waals surface area contributed by atoms with Gasteiger partial charge in [0.05, 0.1) is 6.04 Å². The van der Waals surface area contributed by atoms with E-state index < -0.39 is 0 Å². The van der Waals surface area contributed by atoms with Crippen LogP contribution in [0.5, 0.6) is 0 Å². The molecule has 4 heterocycles. The summed E-state index contributed by atoms with van der Waals surface area (Å²) in [4.78, 5) is 3.95. The molecule has 1 N–H and O–H groups in total. The van der Waals surface area contributed by atoms with Crippen LogP contribution in [0.2, 0.25) is 5.02 Å². The summed E-state index contributed by atoms with van der Waals surface area (Å²) in [5.74, 6) is 0. The molecule has 2 aromatic heterocycles. The number of likely N-dealkylation sites (N-methyl/N-ethyl adjacent to an activating group) is 1. The Labute approximate surface area is 156 Å².